The number of nitrogens with two attached hydrogens (primary N) is 1. The van der Waals surface area contributed by atoms with E-state index >= 15 is 0 Å². The molecule has 0 amide bonds. The van der Waals surface area contributed by atoms with Crippen LogP contribution in [0.2, 0.25) is 0 Å². The third-order valence-electron chi connectivity index (χ3n) is 5.50. The van der Waals surface area contributed by atoms with Gasteiger partial charge in [-0.15, -0.1) is 0 Å². The summed E-state index contributed by atoms with van der Waals surface area (Å²) in [5, 5.41) is 0. The Morgan fingerprint density at radius 3 is 2.18 bits per heavy atom. The Balaban J connectivity index is 2.21. The fourth-order valence-corrected chi connectivity index (χ4v) is 4.00. The van der Waals surface area contributed by atoms with E-state index in [0.29, 0.717) is 13.2 Å². The van der Waals surface area contributed by atoms with Gasteiger partial charge >= 0.3 is 0 Å². The minimum atomic E-state index is -0.702. The van der Waals surface area contributed by atoms with Crippen molar-refractivity contribution in [1.82, 2.24) is 0 Å². The first-order valence-electron chi connectivity index (χ1n) is 9.57. The van der Waals surface area contributed by atoms with Crippen LogP contribution in [-0.2, 0) is 15.1 Å². The molecule has 0 aromatic heterocycles. The number of hydrogen-bond acceptors (Lipinski definition) is 4. The van der Waals surface area contributed by atoms with E-state index in [-0.39, 0.29) is 5.41 Å². The second kappa shape index (κ2) is 8.63. The van der Waals surface area contributed by atoms with Crippen LogP contribution in [0, 0.1) is 5.41 Å². The van der Waals surface area contributed by atoms with Crippen LogP contribution < -0.4 is 10.5 Å². The van der Waals surface area contributed by atoms with E-state index in [4.69, 9.17) is 19.9 Å². The highest BCUT2D eigenvalue weighted by molar-refractivity contribution is 5.45. The lowest BCUT2D eigenvalue weighted by Crippen LogP contribution is -2.47. The minimum Gasteiger partial charge on any atom is -0.497 e. The Hall–Kier alpha value is -2.56. The lowest BCUT2D eigenvalue weighted by atomic mass is 9.63. The lowest BCUT2D eigenvalue weighted by Gasteiger charge is -2.48. The van der Waals surface area contributed by atoms with Gasteiger partial charge in [-0.05, 0) is 41.8 Å². The number of hydrogen-bond donors (Lipinski definition) is 1. The largest absolute Gasteiger partial charge is 0.497 e. The Kier molecular flexibility index (Phi) is 6.22. The molecule has 0 saturated heterocycles. The Morgan fingerprint density at radius 2 is 1.64 bits per heavy atom. The normalized spacial score (nSPS) is 20.9. The molecule has 2 unspecified atom stereocenters. The van der Waals surface area contributed by atoms with Gasteiger partial charge in [0, 0.05) is 12.0 Å². The van der Waals surface area contributed by atoms with E-state index in [1.54, 1.807) is 14.2 Å². The number of methoxy groups -OCH3 is 2. The van der Waals surface area contributed by atoms with E-state index in [1.807, 2.05) is 36.4 Å². The molecular weight excluding hydrogens is 350 g/mol. The van der Waals surface area contributed by atoms with Crippen molar-refractivity contribution in [1.29, 1.82) is 0 Å². The molecule has 1 aliphatic carbocycles. The number of rotatable bonds is 8. The number of allylic oxidation sites excluding steroid dienone is 2. The van der Waals surface area contributed by atoms with Gasteiger partial charge in [-0.2, -0.15) is 0 Å². The third-order valence-corrected chi connectivity index (χ3v) is 5.50. The second-order valence-electron chi connectivity index (χ2n) is 7.18. The maximum Gasteiger partial charge on any atom is 0.127 e. The zero-order valence-electron chi connectivity index (χ0n) is 16.9. The maximum atomic E-state index is 6.65. The van der Waals surface area contributed by atoms with Gasteiger partial charge in [-0.1, -0.05) is 55.5 Å². The molecule has 0 spiro atoms. The highest BCUT2D eigenvalue weighted by atomic mass is 16.5. The van der Waals surface area contributed by atoms with Crippen molar-refractivity contribution in [2.24, 2.45) is 11.1 Å². The molecule has 1 aliphatic rings. The first kappa shape index (κ1) is 20.2. The van der Waals surface area contributed by atoms with E-state index < -0.39 is 5.60 Å². The van der Waals surface area contributed by atoms with E-state index in [2.05, 4.69) is 43.3 Å². The van der Waals surface area contributed by atoms with Crippen LogP contribution in [0.4, 0.5) is 0 Å². The van der Waals surface area contributed by atoms with Gasteiger partial charge in [0.15, 0.2) is 0 Å². The lowest BCUT2D eigenvalue weighted by molar-refractivity contribution is -0.0847. The monoisotopic (exact) mass is 379 g/mol. The van der Waals surface area contributed by atoms with Crippen molar-refractivity contribution in [3.8, 4) is 5.75 Å². The van der Waals surface area contributed by atoms with Crippen LogP contribution in [0.5, 0.6) is 5.75 Å². The summed E-state index contributed by atoms with van der Waals surface area (Å²) in [6.07, 6.45) is 7.11. The van der Waals surface area contributed by atoms with Crippen molar-refractivity contribution in [3.63, 3.8) is 0 Å². The van der Waals surface area contributed by atoms with Crippen molar-refractivity contribution >= 4 is 0 Å². The third kappa shape index (κ3) is 3.58. The molecular formula is C24H29NO3. The molecule has 148 valence electrons. The van der Waals surface area contributed by atoms with Crippen molar-refractivity contribution in [2.45, 2.75) is 18.9 Å². The molecule has 0 heterocycles. The summed E-state index contributed by atoms with van der Waals surface area (Å²) in [7, 11) is 3.37. The van der Waals surface area contributed by atoms with E-state index in [0.717, 1.165) is 29.1 Å². The van der Waals surface area contributed by atoms with Crippen LogP contribution in [0.15, 0.2) is 78.6 Å². The van der Waals surface area contributed by atoms with Gasteiger partial charge in [0.2, 0.25) is 0 Å². The quantitative estimate of drug-likeness (QED) is 0.738. The first-order valence-corrected chi connectivity index (χ1v) is 9.57. The van der Waals surface area contributed by atoms with Gasteiger partial charge in [0.05, 0.1) is 20.8 Å². The SMILES string of the molecule is COC1=CCC(C)(C(OCCN)(c2ccccc2)c2ccc(OC)cc2)C=C1. The molecule has 4 heteroatoms. The molecule has 0 aliphatic heterocycles. The van der Waals surface area contributed by atoms with Crippen LogP contribution in [0.3, 0.4) is 0 Å². The Labute approximate surface area is 167 Å². The molecule has 2 aromatic rings. The zero-order chi connectivity index (χ0) is 20.0. The number of ether oxygens (including phenoxy) is 3. The summed E-state index contributed by atoms with van der Waals surface area (Å²) in [6, 6.07) is 18.5. The smallest absolute Gasteiger partial charge is 0.127 e. The average Bonchev–Trinajstić information content (AvgIpc) is 2.76. The van der Waals surface area contributed by atoms with Crippen LogP contribution >= 0.6 is 0 Å². The summed E-state index contributed by atoms with van der Waals surface area (Å²) >= 11 is 0. The molecule has 4 nitrogen and oxygen atoms in total. The molecule has 0 bridgehead atoms. The molecule has 2 aromatic carbocycles. The predicted octanol–water partition coefficient (Wildman–Crippen LogP) is 4.41. The summed E-state index contributed by atoms with van der Waals surface area (Å²) in [5.41, 5.74) is 6.98. The highest BCUT2D eigenvalue weighted by Crippen LogP contribution is 2.53. The molecule has 28 heavy (non-hydrogen) atoms. The fourth-order valence-electron chi connectivity index (χ4n) is 4.00. The second-order valence-corrected chi connectivity index (χ2v) is 7.18. The summed E-state index contributed by atoms with van der Waals surface area (Å²) < 4.78 is 17.4. The Morgan fingerprint density at radius 1 is 0.964 bits per heavy atom. The zero-order valence-corrected chi connectivity index (χ0v) is 16.9. The summed E-state index contributed by atoms with van der Waals surface area (Å²) in [5.74, 6) is 1.68. The van der Waals surface area contributed by atoms with Crippen LogP contribution in [-0.4, -0.2) is 27.4 Å². The van der Waals surface area contributed by atoms with Gasteiger partial charge in [0.1, 0.15) is 17.1 Å². The van der Waals surface area contributed by atoms with Crippen LogP contribution in [0.25, 0.3) is 0 Å². The molecule has 0 radical (unpaired) electrons. The Bertz CT molecular complexity index is 829. The average molecular weight is 380 g/mol. The maximum absolute atomic E-state index is 6.65. The summed E-state index contributed by atoms with van der Waals surface area (Å²) in [4.78, 5) is 0. The van der Waals surface area contributed by atoms with Crippen LogP contribution in [0.1, 0.15) is 24.5 Å². The fraction of sp³-hybridized carbons (Fsp3) is 0.333. The van der Waals surface area contributed by atoms with Crippen molar-refractivity contribution in [2.75, 3.05) is 27.4 Å². The van der Waals surface area contributed by atoms with E-state index in [9.17, 15) is 0 Å². The molecule has 2 N–H and O–H groups in total. The van der Waals surface area contributed by atoms with Crippen molar-refractivity contribution in [3.05, 3.63) is 89.7 Å². The molecule has 0 fully saturated rings. The highest BCUT2D eigenvalue weighted by Gasteiger charge is 2.50. The van der Waals surface area contributed by atoms with Gasteiger partial charge in [-0.3, -0.25) is 0 Å². The minimum absolute atomic E-state index is 0.333. The van der Waals surface area contributed by atoms with Gasteiger partial charge in [-0.25, -0.2) is 0 Å². The van der Waals surface area contributed by atoms with Gasteiger partial charge in [0.25, 0.3) is 0 Å². The standard InChI is InChI=1S/C24H29NO3/c1-23(15-13-22(27-3)14-16-23)24(28-18-17-25,19-7-5-4-6-8-19)20-9-11-21(26-2)12-10-20/h4-15H,16-18,25H2,1-3H3. The first-order chi connectivity index (χ1) is 13.6. The number of benzene rings is 2. The molecule has 2 atom stereocenters. The van der Waals surface area contributed by atoms with Gasteiger partial charge < -0.3 is 19.9 Å². The predicted molar refractivity (Wildman–Crippen MR) is 112 cm³/mol. The van der Waals surface area contributed by atoms with E-state index in [1.165, 1.54) is 0 Å². The van der Waals surface area contributed by atoms with Crippen molar-refractivity contribution < 1.29 is 14.2 Å². The topological polar surface area (TPSA) is 53.7 Å². The molecule has 0 saturated carbocycles. The summed E-state index contributed by atoms with van der Waals surface area (Å²) in [6.45, 7) is 3.12. The molecule has 3 rings (SSSR count).